The van der Waals surface area contributed by atoms with E-state index in [1.165, 1.54) is 12.1 Å². The quantitative estimate of drug-likeness (QED) is 0.841. The number of halogens is 2. The number of methoxy groups -OCH3 is 1. The number of carbonyl (C=O) groups is 1. The van der Waals surface area contributed by atoms with Gasteiger partial charge in [0, 0.05) is 18.1 Å². The molecule has 0 aliphatic carbocycles. The summed E-state index contributed by atoms with van der Waals surface area (Å²) in [5.41, 5.74) is 0.634. The largest absolute Gasteiger partial charge is 0.383 e. The van der Waals surface area contributed by atoms with Gasteiger partial charge in [0.15, 0.2) is 0 Å². The molecule has 0 aliphatic heterocycles. The van der Waals surface area contributed by atoms with E-state index in [0.717, 1.165) is 4.47 Å². The summed E-state index contributed by atoms with van der Waals surface area (Å²) < 4.78 is 18.5. The lowest BCUT2D eigenvalue weighted by molar-refractivity contribution is -0.120. The Bertz CT molecular complexity index is 371. The van der Waals surface area contributed by atoms with Crippen LogP contribution >= 0.6 is 15.9 Å². The van der Waals surface area contributed by atoms with Crippen LogP contribution < -0.4 is 5.32 Å². The zero-order chi connectivity index (χ0) is 12.0. The molecule has 5 heteroatoms. The van der Waals surface area contributed by atoms with E-state index in [-0.39, 0.29) is 18.1 Å². The number of amides is 1. The van der Waals surface area contributed by atoms with Crippen molar-refractivity contribution in [1.82, 2.24) is 5.32 Å². The van der Waals surface area contributed by atoms with Crippen molar-refractivity contribution in [3.8, 4) is 0 Å². The Hall–Kier alpha value is -0.940. The summed E-state index contributed by atoms with van der Waals surface area (Å²) >= 11 is 3.27. The van der Waals surface area contributed by atoms with Crippen LogP contribution in [0.1, 0.15) is 5.56 Å². The maximum Gasteiger partial charge on any atom is 0.224 e. The molecule has 0 spiro atoms. The molecule has 0 saturated heterocycles. The third-order valence-electron chi connectivity index (χ3n) is 1.99. The molecular formula is C11H13BrFNO2. The minimum atomic E-state index is -0.345. The number of carbonyl (C=O) groups excluding carboxylic acids is 1. The fourth-order valence-electron chi connectivity index (χ4n) is 1.21. The molecule has 0 aliphatic rings. The first-order valence-electron chi connectivity index (χ1n) is 4.83. The number of hydrogen-bond acceptors (Lipinski definition) is 2. The molecule has 0 saturated carbocycles. The summed E-state index contributed by atoms with van der Waals surface area (Å²) in [7, 11) is 1.56. The van der Waals surface area contributed by atoms with Gasteiger partial charge in [0.25, 0.3) is 0 Å². The van der Waals surface area contributed by atoms with E-state index < -0.39 is 0 Å². The first kappa shape index (κ1) is 13.1. The second-order valence-electron chi connectivity index (χ2n) is 3.26. The smallest absolute Gasteiger partial charge is 0.224 e. The normalized spacial score (nSPS) is 10.2. The Morgan fingerprint density at radius 3 is 3.00 bits per heavy atom. The summed E-state index contributed by atoms with van der Waals surface area (Å²) in [6.45, 7) is 0.929. The Kier molecular flexibility index (Phi) is 5.42. The molecule has 1 aromatic carbocycles. The van der Waals surface area contributed by atoms with E-state index in [4.69, 9.17) is 4.74 Å². The molecule has 0 fully saturated rings. The highest BCUT2D eigenvalue weighted by molar-refractivity contribution is 9.10. The molecule has 0 aromatic heterocycles. The van der Waals surface area contributed by atoms with Gasteiger partial charge in [-0.3, -0.25) is 4.79 Å². The fraction of sp³-hybridized carbons (Fsp3) is 0.364. The number of ether oxygens (including phenoxy) is 1. The van der Waals surface area contributed by atoms with Gasteiger partial charge in [0.1, 0.15) is 5.82 Å². The van der Waals surface area contributed by atoms with Crippen molar-refractivity contribution in [3.63, 3.8) is 0 Å². The van der Waals surface area contributed by atoms with Crippen molar-refractivity contribution in [2.45, 2.75) is 6.42 Å². The minimum absolute atomic E-state index is 0.150. The maximum atomic E-state index is 12.9. The first-order chi connectivity index (χ1) is 7.63. The predicted octanol–water partition coefficient (Wildman–Crippen LogP) is 1.89. The van der Waals surface area contributed by atoms with Crippen molar-refractivity contribution in [3.05, 3.63) is 34.1 Å². The molecule has 1 amide bonds. The van der Waals surface area contributed by atoms with Gasteiger partial charge in [0.2, 0.25) is 5.91 Å². The molecule has 0 bridgehead atoms. The van der Waals surface area contributed by atoms with E-state index in [2.05, 4.69) is 21.2 Å². The van der Waals surface area contributed by atoms with E-state index in [1.54, 1.807) is 13.2 Å². The SMILES string of the molecule is COCCNC(=O)Cc1cc(F)ccc1Br. The van der Waals surface area contributed by atoms with E-state index >= 15 is 0 Å². The van der Waals surface area contributed by atoms with Crippen molar-refractivity contribution < 1.29 is 13.9 Å². The lowest BCUT2D eigenvalue weighted by atomic mass is 10.1. The number of rotatable bonds is 5. The molecule has 1 N–H and O–H groups in total. The molecule has 0 heterocycles. The minimum Gasteiger partial charge on any atom is -0.383 e. The highest BCUT2D eigenvalue weighted by atomic mass is 79.9. The van der Waals surface area contributed by atoms with E-state index in [0.29, 0.717) is 18.7 Å². The Labute approximate surface area is 102 Å². The van der Waals surface area contributed by atoms with Gasteiger partial charge in [-0.2, -0.15) is 0 Å². The Balaban J connectivity index is 2.52. The topological polar surface area (TPSA) is 38.3 Å². The van der Waals surface area contributed by atoms with Crippen LogP contribution in [0, 0.1) is 5.82 Å². The van der Waals surface area contributed by atoms with Gasteiger partial charge in [-0.05, 0) is 23.8 Å². The van der Waals surface area contributed by atoms with Crippen LogP contribution in [0.3, 0.4) is 0 Å². The molecule has 3 nitrogen and oxygen atoms in total. The molecule has 16 heavy (non-hydrogen) atoms. The number of benzene rings is 1. The van der Waals surface area contributed by atoms with E-state index in [9.17, 15) is 9.18 Å². The monoisotopic (exact) mass is 289 g/mol. The van der Waals surface area contributed by atoms with Crippen molar-refractivity contribution in [2.75, 3.05) is 20.3 Å². The van der Waals surface area contributed by atoms with Gasteiger partial charge in [-0.15, -0.1) is 0 Å². The lowest BCUT2D eigenvalue weighted by Crippen LogP contribution is -2.28. The predicted molar refractivity (Wildman–Crippen MR) is 62.7 cm³/mol. The van der Waals surface area contributed by atoms with E-state index in [1.807, 2.05) is 0 Å². The molecule has 0 atom stereocenters. The van der Waals surface area contributed by atoms with Crippen LogP contribution in [0.2, 0.25) is 0 Å². The van der Waals surface area contributed by atoms with Crippen LogP contribution in [0.25, 0.3) is 0 Å². The summed E-state index contributed by atoms with van der Waals surface area (Å²) in [5, 5.41) is 2.67. The highest BCUT2D eigenvalue weighted by Gasteiger charge is 2.07. The molecular weight excluding hydrogens is 277 g/mol. The molecule has 88 valence electrons. The Morgan fingerprint density at radius 2 is 2.31 bits per heavy atom. The van der Waals surface area contributed by atoms with Gasteiger partial charge in [-0.25, -0.2) is 4.39 Å². The second kappa shape index (κ2) is 6.60. The first-order valence-corrected chi connectivity index (χ1v) is 5.62. The second-order valence-corrected chi connectivity index (χ2v) is 4.11. The standard InChI is InChI=1S/C11H13BrFNO2/c1-16-5-4-14-11(15)7-8-6-9(13)2-3-10(8)12/h2-3,6H,4-5,7H2,1H3,(H,14,15). The summed E-state index contributed by atoms with van der Waals surface area (Å²) in [6.07, 6.45) is 0.155. The molecule has 1 rings (SSSR count). The fourth-order valence-corrected chi connectivity index (χ4v) is 1.59. The van der Waals surface area contributed by atoms with Crippen LogP contribution in [0.5, 0.6) is 0 Å². The summed E-state index contributed by atoms with van der Waals surface area (Å²) in [5.74, 6) is -0.494. The van der Waals surface area contributed by atoms with Crippen molar-refractivity contribution >= 4 is 21.8 Å². The maximum absolute atomic E-state index is 12.9. The molecule has 1 aromatic rings. The van der Waals surface area contributed by atoms with Gasteiger partial charge in [0.05, 0.1) is 13.0 Å². The van der Waals surface area contributed by atoms with Crippen molar-refractivity contribution in [2.24, 2.45) is 0 Å². The number of hydrogen-bond donors (Lipinski definition) is 1. The van der Waals surface area contributed by atoms with Crippen molar-refractivity contribution in [1.29, 1.82) is 0 Å². The lowest BCUT2D eigenvalue weighted by Gasteiger charge is -2.06. The highest BCUT2D eigenvalue weighted by Crippen LogP contribution is 2.18. The summed E-state index contributed by atoms with van der Waals surface area (Å²) in [6, 6.07) is 4.28. The third-order valence-corrected chi connectivity index (χ3v) is 2.76. The molecule has 0 unspecified atom stereocenters. The molecule has 0 radical (unpaired) electrons. The Morgan fingerprint density at radius 1 is 1.56 bits per heavy atom. The van der Waals surface area contributed by atoms with Crippen LogP contribution in [0.4, 0.5) is 4.39 Å². The third kappa shape index (κ3) is 4.28. The summed E-state index contributed by atoms with van der Waals surface area (Å²) in [4.78, 5) is 11.4. The van der Waals surface area contributed by atoms with Crippen LogP contribution in [-0.4, -0.2) is 26.2 Å². The van der Waals surface area contributed by atoms with Gasteiger partial charge in [-0.1, -0.05) is 15.9 Å². The number of nitrogens with one attached hydrogen (secondary N) is 1. The van der Waals surface area contributed by atoms with Gasteiger partial charge >= 0.3 is 0 Å². The zero-order valence-corrected chi connectivity index (χ0v) is 10.5. The van der Waals surface area contributed by atoms with Gasteiger partial charge < -0.3 is 10.1 Å². The average molecular weight is 290 g/mol. The zero-order valence-electron chi connectivity index (χ0n) is 8.93. The van der Waals surface area contributed by atoms with Crippen LogP contribution in [-0.2, 0) is 16.0 Å². The average Bonchev–Trinajstić information content (AvgIpc) is 2.24. The van der Waals surface area contributed by atoms with Crippen LogP contribution in [0.15, 0.2) is 22.7 Å².